The van der Waals surface area contributed by atoms with Crippen molar-refractivity contribution in [3.05, 3.63) is 53.6 Å². The van der Waals surface area contributed by atoms with E-state index in [4.69, 9.17) is 9.47 Å². The zero-order valence-electron chi connectivity index (χ0n) is 18.3. The van der Waals surface area contributed by atoms with Crippen molar-refractivity contribution in [2.45, 2.75) is 44.7 Å². The number of rotatable bonds is 6. The molecule has 2 aliphatic heterocycles. The van der Waals surface area contributed by atoms with Gasteiger partial charge in [0.1, 0.15) is 0 Å². The maximum atomic E-state index is 12.9. The summed E-state index contributed by atoms with van der Waals surface area (Å²) in [6, 6.07) is 12.7. The van der Waals surface area contributed by atoms with E-state index in [1.165, 1.54) is 0 Å². The molecule has 0 unspecified atom stereocenters. The molecule has 8 nitrogen and oxygen atoms in total. The van der Waals surface area contributed by atoms with E-state index in [2.05, 4.69) is 10.6 Å². The van der Waals surface area contributed by atoms with Crippen molar-refractivity contribution in [1.29, 1.82) is 0 Å². The Labute approximate surface area is 192 Å². The number of likely N-dealkylation sites (tertiary alicyclic amines) is 1. The highest BCUT2D eigenvalue weighted by Crippen LogP contribution is 2.33. The van der Waals surface area contributed by atoms with Gasteiger partial charge in [-0.2, -0.15) is 0 Å². The average molecular weight is 450 g/mol. The smallest absolute Gasteiger partial charge is 0.253 e. The Morgan fingerprint density at radius 1 is 1.03 bits per heavy atom. The van der Waals surface area contributed by atoms with Crippen LogP contribution in [0.3, 0.4) is 0 Å². The largest absolute Gasteiger partial charge is 0.454 e. The first-order valence-electron chi connectivity index (χ1n) is 11.4. The predicted octanol–water partition coefficient (Wildman–Crippen LogP) is 3.07. The lowest BCUT2D eigenvalue weighted by Crippen LogP contribution is -2.35. The number of nitrogens with zero attached hydrogens (tertiary/aromatic N) is 1. The monoisotopic (exact) mass is 449 g/mol. The Kier molecular flexibility index (Phi) is 5.90. The van der Waals surface area contributed by atoms with Gasteiger partial charge in [-0.15, -0.1) is 0 Å². The van der Waals surface area contributed by atoms with Crippen LogP contribution in [-0.2, 0) is 16.1 Å². The zero-order chi connectivity index (χ0) is 22.8. The standard InChI is InChI=1S/C25H27N3O5/c29-23-12-17(14-28(23)18-5-1-2-6-18)24(30)27-20-8-4-3-7-19(20)25(31)26-13-16-9-10-21-22(11-16)33-15-32-21/h3-4,7-11,17-18H,1-2,5-6,12-15H2,(H,26,31)(H,27,30)/t17-/m0/s1. The number of hydrogen-bond acceptors (Lipinski definition) is 5. The van der Waals surface area contributed by atoms with E-state index in [0.717, 1.165) is 31.2 Å². The number of fused-ring (bicyclic) bond motifs is 1. The third-order valence-electron chi connectivity index (χ3n) is 6.61. The Morgan fingerprint density at radius 3 is 2.67 bits per heavy atom. The van der Waals surface area contributed by atoms with Gasteiger partial charge in [0.05, 0.1) is 17.2 Å². The molecule has 8 heteroatoms. The second kappa shape index (κ2) is 9.13. The number of hydrogen-bond donors (Lipinski definition) is 2. The van der Waals surface area contributed by atoms with Crippen LogP contribution in [0, 0.1) is 5.92 Å². The molecule has 0 aromatic heterocycles. The number of para-hydroxylation sites is 1. The fourth-order valence-electron chi connectivity index (χ4n) is 4.83. The highest BCUT2D eigenvalue weighted by Gasteiger charge is 2.38. The SMILES string of the molecule is O=C(NCc1ccc2c(c1)OCO2)c1ccccc1NC(=O)[C@H]1CC(=O)N(C2CCCC2)C1. The quantitative estimate of drug-likeness (QED) is 0.707. The lowest BCUT2D eigenvalue weighted by atomic mass is 10.1. The molecule has 0 spiro atoms. The lowest BCUT2D eigenvalue weighted by Gasteiger charge is -2.24. The van der Waals surface area contributed by atoms with Crippen molar-refractivity contribution in [1.82, 2.24) is 10.2 Å². The van der Waals surface area contributed by atoms with E-state index in [1.807, 2.05) is 23.1 Å². The predicted molar refractivity (Wildman–Crippen MR) is 121 cm³/mol. The number of nitrogens with one attached hydrogen (secondary N) is 2. The highest BCUT2D eigenvalue weighted by molar-refractivity contribution is 6.05. The van der Waals surface area contributed by atoms with E-state index in [1.54, 1.807) is 24.3 Å². The minimum atomic E-state index is -0.400. The highest BCUT2D eigenvalue weighted by atomic mass is 16.7. The summed E-state index contributed by atoms with van der Waals surface area (Å²) in [7, 11) is 0. The third kappa shape index (κ3) is 4.51. The lowest BCUT2D eigenvalue weighted by molar-refractivity contribution is -0.129. The first-order valence-corrected chi connectivity index (χ1v) is 11.4. The van der Waals surface area contributed by atoms with Gasteiger partial charge in [0.15, 0.2) is 11.5 Å². The fourth-order valence-corrected chi connectivity index (χ4v) is 4.83. The van der Waals surface area contributed by atoms with Crippen molar-refractivity contribution in [2.24, 2.45) is 5.92 Å². The number of amides is 3. The number of carbonyl (C=O) groups excluding carboxylic acids is 3. The van der Waals surface area contributed by atoms with Gasteiger partial charge in [0.2, 0.25) is 18.6 Å². The van der Waals surface area contributed by atoms with Crippen LogP contribution < -0.4 is 20.1 Å². The van der Waals surface area contributed by atoms with Gasteiger partial charge >= 0.3 is 0 Å². The van der Waals surface area contributed by atoms with Crippen molar-refractivity contribution in [3.8, 4) is 11.5 Å². The molecule has 2 aromatic carbocycles. The molecule has 1 aliphatic carbocycles. The summed E-state index contributed by atoms with van der Waals surface area (Å²) in [4.78, 5) is 40.1. The molecule has 2 aromatic rings. The molecule has 2 heterocycles. The van der Waals surface area contributed by atoms with Crippen LogP contribution in [0.4, 0.5) is 5.69 Å². The topological polar surface area (TPSA) is 97.0 Å². The fraction of sp³-hybridized carbons (Fsp3) is 0.400. The minimum Gasteiger partial charge on any atom is -0.454 e. The van der Waals surface area contributed by atoms with E-state index in [-0.39, 0.29) is 37.0 Å². The summed E-state index contributed by atoms with van der Waals surface area (Å²) in [5, 5.41) is 5.77. The second-order valence-corrected chi connectivity index (χ2v) is 8.79. The van der Waals surface area contributed by atoms with Gasteiger partial charge in [-0.3, -0.25) is 14.4 Å². The molecule has 1 atom stereocenters. The number of benzene rings is 2. The Bertz CT molecular complexity index is 1080. The van der Waals surface area contributed by atoms with Crippen LogP contribution in [0.25, 0.3) is 0 Å². The van der Waals surface area contributed by atoms with Gasteiger partial charge < -0.3 is 25.0 Å². The molecule has 172 valence electrons. The third-order valence-corrected chi connectivity index (χ3v) is 6.61. The summed E-state index contributed by atoms with van der Waals surface area (Å²) in [5.74, 6) is 0.486. The first kappa shape index (κ1) is 21.3. The molecule has 3 aliphatic rings. The van der Waals surface area contributed by atoms with Crippen molar-refractivity contribution in [2.75, 3.05) is 18.7 Å². The van der Waals surface area contributed by atoms with E-state index < -0.39 is 5.92 Å². The average Bonchev–Trinajstić information content (AvgIpc) is 3.58. The number of ether oxygens (including phenoxy) is 2. The van der Waals surface area contributed by atoms with Crippen LogP contribution in [0.2, 0.25) is 0 Å². The maximum absolute atomic E-state index is 12.9. The van der Waals surface area contributed by atoms with Crippen LogP contribution in [0.15, 0.2) is 42.5 Å². The summed E-state index contributed by atoms with van der Waals surface area (Å²) in [5.41, 5.74) is 1.70. The van der Waals surface area contributed by atoms with Crippen LogP contribution in [0.5, 0.6) is 11.5 Å². The molecule has 0 radical (unpaired) electrons. The maximum Gasteiger partial charge on any atom is 0.253 e. The Hall–Kier alpha value is -3.55. The van der Waals surface area contributed by atoms with Gasteiger partial charge in [-0.25, -0.2) is 0 Å². The van der Waals surface area contributed by atoms with Crippen LogP contribution >= 0.6 is 0 Å². The van der Waals surface area contributed by atoms with Gasteiger partial charge in [0.25, 0.3) is 5.91 Å². The molecule has 33 heavy (non-hydrogen) atoms. The van der Waals surface area contributed by atoms with E-state index in [0.29, 0.717) is 35.8 Å². The van der Waals surface area contributed by atoms with Gasteiger partial charge in [0, 0.05) is 25.6 Å². The number of carbonyl (C=O) groups is 3. The summed E-state index contributed by atoms with van der Waals surface area (Å²) < 4.78 is 10.7. The summed E-state index contributed by atoms with van der Waals surface area (Å²) >= 11 is 0. The van der Waals surface area contributed by atoms with Gasteiger partial charge in [-0.1, -0.05) is 31.0 Å². The molecule has 0 bridgehead atoms. The van der Waals surface area contributed by atoms with E-state index in [9.17, 15) is 14.4 Å². The van der Waals surface area contributed by atoms with Crippen LogP contribution in [-0.4, -0.2) is 42.0 Å². The molecular weight excluding hydrogens is 422 g/mol. The van der Waals surface area contributed by atoms with E-state index >= 15 is 0 Å². The van der Waals surface area contributed by atoms with Crippen molar-refractivity contribution >= 4 is 23.4 Å². The Balaban J connectivity index is 1.21. The molecule has 2 N–H and O–H groups in total. The molecule has 1 saturated heterocycles. The molecule has 2 fully saturated rings. The molecule has 1 saturated carbocycles. The number of anilines is 1. The summed E-state index contributed by atoms with van der Waals surface area (Å²) in [6.07, 6.45) is 4.54. The summed E-state index contributed by atoms with van der Waals surface area (Å²) in [6.45, 7) is 0.961. The van der Waals surface area contributed by atoms with Crippen LogP contribution in [0.1, 0.15) is 48.0 Å². The second-order valence-electron chi connectivity index (χ2n) is 8.79. The molecule has 3 amide bonds. The van der Waals surface area contributed by atoms with Gasteiger partial charge in [-0.05, 0) is 42.7 Å². The normalized spacial score (nSPS) is 19.7. The first-order chi connectivity index (χ1) is 16.1. The van der Waals surface area contributed by atoms with Crippen molar-refractivity contribution < 1.29 is 23.9 Å². The molecular formula is C25H27N3O5. The van der Waals surface area contributed by atoms with Crippen molar-refractivity contribution in [3.63, 3.8) is 0 Å². The Morgan fingerprint density at radius 2 is 1.82 bits per heavy atom. The minimum absolute atomic E-state index is 0.0526. The zero-order valence-corrected chi connectivity index (χ0v) is 18.3. The molecule has 5 rings (SSSR count).